The number of hydrogen-bond acceptors (Lipinski definition) is 5. The van der Waals surface area contributed by atoms with E-state index in [2.05, 4.69) is 0 Å². The van der Waals surface area contributed by atoms with Crippen LogP contribution in [0.25, 0.3) is 0 Å². The molecule has 1 amide bonds. The SMILES string of the molecule is CCO[Si](OCC)(OCC)OC(=O)N(CC)CC. The van der Waals surface area contributed by atoms with Gasteiger partial charge in [0, 0.05) is 32.9 Å². The van der Waals surface area contributed by atoms with Crippen molar-refractivity contribution in [3.63, 3.8) is 0 Å². The highest BCUT2D eigenvalue weighted by Crippen LogP contribution is 2.14. The fourth-order valence-electron chi connectivity index (χ4n) is 1.40. The van der Waals surface area contributed by atoms with Crippen LogP contribution in [0.15, 0.2) is 0 Å². The van der Waals surface area contributed by atoms with E-state index in [1.165, 1.54) is 0 Å². The predicted octanol–water partition coefficient (Wildman–Crippen LogP) is 2.01. The highest BCUT2D eigenvalue weighted by atomic mass is 28.4. The summed E-state index contributed by atoms with van der Waals surface area (Å²) in [5.74, 6) is 0. The number of carbonyl (C=O) groups excluding carboxylic acids is 1. The van der Waals surface area contributed by atoms with Crippen LogP contribution in [-0.4, -0.2) is 53.0 Å². The summed E-state index contributed by atoms with van der Waals surface area (Å²) < 4.78 is 21.7. The second kappa shape index (κ2) is 9.32. The van der Waals surface area contributed by atoms with Gasteiger partial charge in [-0.15, -0.1) is 0 Å². The van der Waals surface area contributed by atoms with Crippen molar-refractivity contribution in [3.05, 3.63) is 0 Å². The summed E-state index contributed by atoms with van der Waals surface area (Å²) in [6.45, 7) is 11.5. The van der Waals surface area contributed by atoms with Crippen molar-refractivity contribution in [1.29, 1.82) is 0 Å². The molecule has 0 aliphatic rings. The molecule has 0 heterocycles. The Kier molecular flexibility index (Phi) is 8.99. The molecule has 0 unspecified atom stereocenters. The summed E-state index contributed by atoms with van der Waals surface area (Å²) in [4.78, 5) is 13.5. The molecule has 0 bridgehead atoms. The molecular weight excluding hydrogens is 254 g/mol. The molecular formula is C11H25NO5Si. The number of hydrogen-bond donors (Lipinski definition) is 0. The fraction of sp³-hybridized carbons (Fsp3) is 0.909. The van der Waals surface area contributed by atoms with Gasteiger partial charge >= 0.3 is 15.1 Å². The van der Waals surface area contributed by atoms with E-state index < -0.39 is 15.1 Å². The monoisotopic (exact) mass is 279 g/mol. The minimum atomic E-state index is -3.35. The Bertz CT molecular complexity index is 218. The quantitative estimate of drug-likeness (QED) is 0.604. The molecule has 0 aliphatic heterocycles. The van der Waals surface area contributed by atoms with E-state index in [9.17, 15) is 4.79 Å². The van der Waals surface area contributed by atoms with E-state index in [1.807, 2.05) is 34.6 Å². The van der Waals surface area contributed by atoms with Crippen molar-refractivity contribution in [3.8, 4) is 0 Å². The van der Waals surface area contributed by atoms with E-state index in [-0.39, 0.29) is 0 Å². The van der Waals surface area contributed by atoms with Gasteiger partial charge in [-0.25, -0.2) is 4.79 Å². The zero-order chi connectivity index (χ0) is 14.0. The van der Waals surface area contributed by atoms with E-state index >= 15 is 0 Å². The summed E-state index contributed by atoms with van der Waals surface area (Å²) >= 11 is 0. The minimum absolute atomic E-state index is 0.373. The van der Waals surface area contributed by atoms with Gasteiger partial charge in [-0.3, -0.25) is 0 Å². The Morgan fingerprint density at radius 2 is 1.28 bits per heavy atom. The third-order valence-corrected chi connectivity index (χ3v) is 4.55. The van der Waals surface area contributed by atoms with Crippen molar-refractivity contribution in [2.45, 2.75) is 34.6 Å². The molecule has 0 atom stereocenters. The number of carbonyl (C=O) groups is 1. The molecule has 0 aromatic carbocycles. The second-order valence-corrected chi connectivity index (χ2v) is 5.41. The Balaban J connectivity index is 4.77. The molecule has 0 aromatic rings. The highest BCUT2D eigenvalue weighted by Gasteiger charge is 2.50. The van der Waals surface area contributed by atoms with Gasteiger partial charge in [0.05, 0.1) is 0 Å². The van der Waals surface area contributed by atoms with Crippen LogP contribution in [0.3, 0.4) is 0 Å². The number of nitrogens with zero attached hydrogens (tertiary/aromatic N) is 1. The van der Waals surface area contributed by atoms with Crippen molar-refractivity contribution < 1.29 is 22.5 Å². The molecule has 0 aliphatic carbocycles. The average Bonchev–Trinajstić information content (AvgIpc) is 2.31. The van der Waals surface area contributed by atoms with E-state index in [1.54, 1.807) is 4.90 Å². The standard InChI is InChI=1S/C11H25NO5Si/c1-6-12(7-2)11(13)17-18(14-8-3,15-9-4)16-10-5/h6-10H2,1-5H3. The van der Waals surface area contributed by atoms with Gasteiger partial charge in [-0.2, -0.15) is 0 Å². The predicted molar refractivity (Wildman–Crippen MR) is 70.0 cm³/mol. The lowest BCUT2D eigenvalue weighted by molar-refractivity contribution is -0.0129. The normalized spacial score (nSPS) is 11.4. The Hall–Kier alpha value is -0.633. The van der Waals surface area contributed by atoms with Crippen molar-refractivity contribution >= 4 is 15.1 Å². The molecule has 0 fully saturated rings. The van der Waals surface area contributed by atoms with Crippen LogP contribution >= 0.6 is 0 Å². The topological polar surface area (TPSA) is 57.2 Å². The van der Waals surface area contributed by atoms with Gasteiger partial charge in [0.25, 0.3) is 0 Å². The summed E-state index contributed by atoms with van der Waals surface area (Å²) in [5, 5.41) is 0. The zero-order valence-corrected chi connectivity index (χ0v) is 13.0. The van der Waals surface area contributed by atoms with E-state index in [4.69, 9.17) is 17.7 Å². The molecule has 0 saturated heterocycles. The second-order valence-electron chi connectivity index (χ2n) is 3.34. The first-order valence-electron chi connectivity index (χ1n) is 6.48. The molecule has 7 heteroatoms. The van der Waals surface area contributed by atoms with Crippen LogP contribution in [0.4, 0.5) is 4.79 Å². The first-order chi connectivity index (χ1) is 8.59. The van der Waals surface area contributed by atoms with Crippen LogP contribution in [-0.2, 0) is 17.7 Å². The first kappa shape index (κ1) is 17.4. The van der Waals surface area contributed by atoms with Gasteiger partial charge in [-0.1, -0.05) is 0 Å². The molecule has 0 saturated carbocycles. The summed E-state index contributed by atoms with van der Waals surface area (Å²) in [6, 6.07) is 0. The van der Waals surface area contributed by atoms with Crippen molar-refractivity contribution in [2.75, 3.05) is 32.9 Å². The van der Waals surface area contributed by atoms with Crippen LogP contribution in [0.1, 0.15) is 34.6 Å². The van der Waals surface area contributed by atoms with Gasteiger partial charge in [0.1, 0.15) is 0 Å². The number of amides is 1. The molecule has 18 heavy (non-hydrogen) atoms. The lowest BCUT2D eigenvalue weighted by Gasteiger charge is -2.28. The van der Waals surface area contributed by atoms with Gasteiger partial charge in [0.15, 0.2) is 0 Å². The van der Waals surface area contributed by atoms with Crippen LogP contribution < -0.4 is 0 Å². The maximum atomic E-state index is 11.9. The van der Waals surface area contributed by atoms with Crippen LogP contribution in [0.2, 0.25) is 0 Å². The third kappa shape index (κ3) is 5.34. The van der Waals surface area contributed by atoms with Crippen LogP contribution in [0, 0.1) is 0 Å². The Morgan fingerprint density at radius 3 is 1.56 bits per heavy atom. The number of rotatable bonds is 9. The molecule has 0 N–H and O–H groups in total. The molecule has 108 valence electrons. The minimum Gasteiger partial charge on any atom is -0.435 e. The van der Waals surface area contributed by atoms with Gasteiger partial charge < -0.3 is 22.6 Å². The molecule has 0 radical (unpaired) electrons. The molecule has 0 aromatic heterocycles. The zero-order valence-electron chi connectivity index (χ0n) is 12.0. The summed E-state index contributed by atoms with van der Waals surface area (Å²) in [5.41, 5.74) is 0. The first-order valence-corrected chi connectivity index (χ1v) is 8.12. The van der Waals surface area contributed by atoms with Crippen molar-refractivity contribution in [2.24, 2.45) is 0 Å². The fourth-order valence-corrected chi connectivity index (χ4v) is 3.23. The molecule has 6 nitrogen and oxygen atoms in total. The van der Waals surface area contributed by atoms with Crippen molar-refractivity contribution in [1.82, 2.24) is 4.90 Å². The summed E-state index contributed by atoms with van der Waals surface area (Å²) in [6.07, 6.45) is -0.456. The maximum Gasteiger partial charge on any atom is 0.752 e. The van der Waals surface area contributed by atoms with Gasteiger partial charge in [-0.05, 0) is 34.6 Å². The largest absolute Gasteiger partial charge is 0.752 e. The Morgan fingerprint density at radius 1 is 0.889 bits per heavy atom. The lowest BCUT2D eigenvalue weighted by Crippen LogP contribution is -2.53. The van der Waals surface area contributed by atoms with Gasteiger partial charge in [0.2, 0.25) is 0 Å². The third-order valence-electron chi connectivity index (χ3n) is 2.20. The maximum absolute atomic E-state index is 11.9. The molecule has 0 spiro atoms. The van der Waals surface area contributed by atoms with E-state index in [0.717, 1.165) is 0 Å². The highest BCUT2D eigenvalue weighted by molar-refractivity contribution is 6.55. The van der Waals surface area contributed by atoms with E-state index in [0.29, 0.717) is 32.9 Å². The smallest absolute Gasteiger partial charge is 0.435 e. The lowest BCUT2D eigenvalue weighted by atomic mass is 10.6. The average molecular weight is 279 g/mol. The van der Waals surface area contributed by atoms with Crippen LogP contribution in [0.5, 0.6) is 0 Å². The summed E-state index contributed by atoms with van der Waals surface area (Å²) in [7, 11) is -3.35. The molecule has 0 rings (SSSR count). The Labute approximate surface area is 111 Å².